The van der Waals surface area contributed by atoms with Crippen LogP contribution in [0, 0.1) is 10.1 Å². The first kappa shape index (κ1) is 20.7. The lowest BCUT2D eigenvalue weighted by Gasteiger charge is -2.17. The highest BCUT2D eigenvalue weighted by atomic mass is 16.6. The van der Waals surface area contributed by atoms with Crippen molar-refractivity contribution in [2.24, 2.45) is 0 Å². The highest BCUT2D eigenvalue weighted by molar-refractivity contribution is 5.94. The number of nitro benzene ring substituents is 1. The first-order valence-corrected chi connectivity index (χ1v) is 8.29. The monoisotopic (exact) mass is 388 g/mol. The Hall–Kier alpha value is -3.62. The van der Waals surface area contributed by atoms with E-state index in [1.54, 1.807) is 13.0 Å². The summed E-state index contributed by atoms with van der Waals surface area (Å²) in [5.41, 5.74) is 0.342. The number of para-hydroxylation sites is 1. The lowest BCUT2D eigenvalue weighted by atomic mass is 10.1. The van der Waals surface area contributed by atoms with Crippen LogP contribution in [0.2, 0.25) is 0 Å². The van der Waals surface area contributed by atoms with E-state index in [0.717, 1.165) is 11.6 Å². The Morgan fingerprint density at radius 1 is 1.11 bits per heavy atom. The Kier molecular flexibility index (Phi) is 6.91. The lowest BCUT2D eigenvalue weighted by Crippen LogP contribution is -2.31. The van der Waals surface area contributed by atoms with E-state index in [-0.39, 0.29) is 23.0 Å². The van der Waals surface area contributed by atoms with E-state index in [1.807, 2.05) is 18.2 Å². The molecule has 2 aromatic carbocycles. The van der Waals surface area contributed by atoms with E-state index in [0.29, 0.717) is 5.75 Å². The minimum Gasteiger partial charge on any atom is -0.496 e. The van der Waals surface area contributed by atoms with Gasteiger partial charge in [0.05, 0.1) is 25.2 Å². The van der Waals surface area contributed by atoms with Crippen LogP contribution in [0.25, 0.3) is 0 Å². The first-order valence-electron chi connectivity index (χ1n) is 8.29. The van der Waals surface area contributed by atoms with Gasteiger partial charge in [-0.15, -0.1) is 0 Å². The molecule has 0 aliphatic carbocycles. The largest absolute Gasteiger partial charge is 0.496 e. The molecule has 0 fully saturated rings. The van der Waals surface area contributed by atoms with E-state index >= 15 is 0 Å². The molecule has 2 aromatic rings. The van der Waals surface area contributed by atoms with Crippen LogP contribution >= 0.6 is 0 Å². The van der Waals surface area contributed by atoms with Crippen LogP contribution in [0.4, 0.5) is 5.69 Å². The lowest BCUT2D eigenvalue weighted by molar-refractivity contribution is -0.384. The zero-order chi connectivity index (χ0) is 20.7. The van der Waals surface area contributed by atoms with E-state index in [2.05, 4.69) is 5.32 Å². The number of carbonyl (C=O) groups excluding carboxylic acids is 2. The molecule has 9 nitrogen and oxygen atoms in total. The van der Waals surface area contributed by atoms with Crippen LogP contribution in [0.1, 0.15) is 28.9 Å². The Balaban J connectivity index is 2.02. The van der Waals surface area contributed by atoms with Gasteiger partial charge in [-0.1, -0.05) is 18.2 Å². The van der Waals surface area contributed by atoms with Crippen LogP contribution in [-0.4, -0.2) is 37.6 Å². The van der Waals surface area contributed by atoms with Crippen molar-refractivity contribution in [3.05, 3.63) is 63.7 Å². The molecule has 1 atom stereocenters. The second kappa shape index (κ2) is 9.36. The average Bonchev–Trinajstić information content (AvgIpc) is 2.71. The molecule has 1 N–H and O–H groups in total. The molecule has 0 bridgehead atoms. The van der Waals surface area contributed by atoms with Gasteiger partial charge < -0.3 is 19.5 Å². The molecule has 2 rings (SSSR count). The number of nitro groups is 1. The quantitative estimate of drug-likeness (QED) is 0.420. The molecule has 0 radical (unpaired) electrons. The fourth-order valence-corrected chi connectivity index (χ4v) is 2.56. The predicted molar refractivity (Wildman–Crippen MR) is 99.5 cm³/mol. The molecule has 28 heavy (non-hydrogen) atoms. The van der Waals surface area contributed by atoms with Crippen molar-refractivity contribution in [2.75, 3.05) is 20.8 Å². The maximum Gasteiger partial charge on any atom is 0.342 e. The van der Waals surface area contributed by atoms with Crippen molar-refractivity contribution in [1.82, 2.24) is 5.32 Å². The van der Waals surface area contributed by atoms with Crippen molar-refractivity contribution >= 4 is 17.6 Å². The standard InChI is InChI=1S/C19H20N2O7/c1-12(14-6-4-5-7-16(14)26-2)20-18(22)11-28-19(23)15-10-13(21(24)25)8-9-17(15)27-3/h4-10,12H,11H2,1-3H3,(H,20,22). The van der Waals surface area contributed by atoms with Crippen LogP contribution in [0.15, 0.2) is 42.5 Å². The maximum absolute atomic E-state index is 12.2. The molecule has 0 heterocycles. The highest BCUT2D eigenvalue weighted by Gasteiger charge is 2.20. The first-order chi connectivity index (χ1) is 13.4. The molecule has 0 aromatic heterocycles. The molecule has 0 saturated carbocycles. The number of non-ortho nitro benzene ring substituents is 1. The zero-order valence-corrected chi connectivity index (χ0v) is 15.6. The molecule has 9 heteroatoms. The number of amides is 1. The van der Waals surface area contributed by atoms with Gasteiger partial charge in [-0.25, -0.2) is 4.79 Å². The number of nitrogens with one attached hydrogen (secondary N) is 1. The van der Waals surface area contributed by atoms with Crippen LogP contribution in [-0.2, 0) is 9.53 Å². The number of nitrogens with zero attached hydrogens (tertiary/aromatic N) is 1. The van der Waals surface area contributed by atoms with E-state index in [1.165, 1.54) is 26.4 Å². The predicted octanol–water partition coefficient (Wildman–Crippen LogP) is 2.65. The summed E-state index contributed by atoms with van der Waals surface area (Å²) in [6.07, 6.45) is 0. The fourth-order valence-electron chi connectivity index (χ4n) is 2.56. The third-order valence-corrected chi connectivity index (χ3v) is 3.93. The summed E-state index contributed by atoms with van der Waals surface area (Å²) < 4.78 is 15.2. The minimum atomic E-state index is -0.902. The van der Waals surface area contributed by atoms with Gasteiger partial charge in [-0.05, 0) is 19.1 Å². The Bertz CT molecular complexity index is 882. The number of hydrogen-bond donors (Lipinski definition) is 1. The smallest absolute Gasteiger partial charge is 0.342 e. The zero-order valence-electron chi connectivity index (χ0n) is 15.6. The summed E-state index contributed by atoms with van der Waals surface area (Å²) in [4.78, 5) is 34.6. The van der Waals surface area contributed by atoms with Crippen molar-refractivity contribution in [1.29, 1.82) is 0 Å². The molecule has 0 saturated heterocycles. The minimum absolute atomic E-state index is 0.110. The molecule has 0 spiro atoms. The van der Waals surface area contributed by atoms with Crippen molar-refractivity contribution in [3.8, 4) is 11.5 Å². The van der Waals surface area contributed by atoms with Crippen LogP contribution in [0.3, 0.4) is 0 Å². The SMILES string of the molecule is COc1ccc([N+](=O)[O-])cc1C(=O)OCC(=O)NC(C)c1ccccc1OC. The van der Waals surface area contributed by atoms with Crippen molar-refractivity contribution in [3.63, 3.8) is 0 Å². The molecule has 1 amide bonds. The summed E-state index contributed by atoms with van der Waals surface area (Å²) in [5.74, 6) is -0.705. The Labute approximate surface area is 161 Å². The van der Waals surface area contributed by atoms with E-state index < -0.39 is 23.4 Å². The number of hydrogen-bond acceptors (Lipinski definition) is 7. The molecular formula is C19H20N2O7. The number of benzene rings is 2. The van der Waals surface area contributed by atoms with E-state index in [9.17, 15) is 19.7 Å². The summed E-state index contributed by atoms with van der Waals surface area (Å²) in [6.45, 7) is 1.21. The van der Waals surface area contributed by atoms with Gasteiger partial charge in [-0.2, -0.15) is 0 Å². The third-order valence-electron chi connectivity index (χ3n) is 3.93. The normalized spacial score (nSPS) is 11.2. The second-order valence-electron chi connectivity index (χ2n) is 5.75. The summed E-state index contributed by atoms with van der Waals surface area (Å²) in [7, 11) is 2.85. The number of methoxy groups -OCH3 is 2. The van der Waals surface area contributed by atoms with Gasteiger partial charge >= 0.3 is 5.97 Å². The maximum atomic E-state index is 12.2. The van der Waals surface area contributed by atoms with Gasteiger partial charge in [0.2, 0.25) is 0 Å². The van der Waals surface area contributed by atoms with Gasteiger partial charge in [0.15, 0.2) is 6.61 Å². The van der Waals surface area contributed by atoms with Crippen molar-refractivity contribution < 1.29 is 28.7 Å². The summed E-state index contributed by atoms with van der Waals surface area (Å²) in [6, 6.07) is 10.4. The molecule has 0 aliphatic rings. The topological polar surface area (TPSA) is 117 Å². The third kappa shape index (κ3) is 4.97. The molecule has 148 valence electrons. The summed E-state index contributed by atoms with van der Waals surface area (Å²) >= 11 is 0. The van der Waals surface area contributed by atoms with Gasteiger partial charge in [0.25, 0.3) is 11.6 Å². The van der Waals surface area contributed by atoms with Gasteiger partial charge in [0.1, 0.15) is 17.1 Å². The second-order valence-corrected chi connectivity index (χ2v) is 5.75. The number of carbonyl (C=O) groups is 2. The number of esters is 1. The van der Waals surface area contributed by atoms with Gasteiger partial charge in [0, 0.05) is 17.7 Å². The van der Waals surface area contributed by atoms with Gasteiger partial charge in [-0.3, -0.25) is 14.9 Å². The summed E-state index contributed by atoms with van der Waals surface area (Å²) in [5, 5.41) is 13.6. The van der Waals surface area contributed by atoms with Crippen LogP contribution < -0.4 is 14.8 Å². The Morgan fingerprint density at radius 2 is 1.79 bits per heavy atom. The number of ether oxygens (including phenoxy) is 3. The van der Waals surface area contributed by atoms with E-state index in [4.69, 9.17) is 14.2 Å². The molecule has 0 aliphatic heterocycles. The van der Waals surface area contributed by atoms with Crippen LogP contribution in [0.5, 0.6) is 11.5 Å². The fraction of sp³-hybridized carbons (Fsp3) is 0.263. The highest BCUT2D eigenvalue weighted by Crippen LogP contribution is 2.25. The molecule has 1 unspecified atom stereocenters. The average molecular weight is 388 g/mol. The number of rotatable bonds is 8. The Morgan fingerprint density at radius 3 is 2.43 bits per heavy atom. The molecular weight excluding hydrogens is 368 g/mol. The van der Waals surface area contributed by atoms with Crippen molar-refractivity contribution in [2.45, 2.75) is 13.0 Å².